The Kier molecular flexibility index (Phi) is 7.45. The van der Waals surface area contributed by atoms with Crippen LogP contribution < -0.4 is 15.4 Å². The predicted molar refractivity (Wildman–Crippen MR) is 76.1 cm³/mol. The van der Waals surface area contributed by atoms with Crippen LogP contribution in [0.15, 0.2) is 24.3 Å². The second-order valence-electron chi connectivity index (χ2n) is 4.36. The third-order valence-corrected chi connectivity index (χ3v) is 2.70. The number of para-hydroxylation sites is 2. The van der Waals surface area contributed by atoms with Crippen LogP contribution in [-0.2, 0) is 4.74 Å². The van der Waals surface area contributed by atoms with Crippen molar-refractivity contribution in [2.24, 2.45) is 0 Å². The lowest BCUT2D eigenvalue weighted by Crippen LogP contribution is -2.40. The third kappa shape index (κ3) is 6.40. The normalized spacial score (nSPS) is 12.0. The fourth-order valence-corrected chi connectivity index (χ4v) is 1.66. The van der Waals surface area contributed by atoms with Crippen LogP contribution >= 0.6 is 0 Å². The van der Waals surface area contributed by atoms with Gasteiger partial charge in [-0.25, -0.2) is 13.6 Å². The van der Waals surface area contributed by atoms with E-state index in [9.17, 15) is 13.6 Å². The van der Waals surface area contributed by atoms with Crippen molar-refractivity contribution >= 4 is 11.7 Å². The van der Waals surface area contributed by atoms with Gasteiger partial charge in [-0.05, 0) is 18.6 Å². The zero-order chi connectivity index (χ0) is 15.7. The third-order valence-electron chi connectivity index (χ3n) is 2.70. The van der Waals surface area contributed by atoms with Crippen molar-refractivity contribution in [3.05, 3.63) is 24.3 Å². The quantitative estimate of drug-likeness (QED) is 0.776. The average molecular weight is 302 g/mol. The molecule has 118 valence electrons. The number of carbonyl (C=O) groups excluding carboxylic acids is 1. The molecule has 1 aromatic rings. The smallest absolute Gasteiger partial charge is 0.319 e. The van der Waals surface area contributed by atoms with E-state index >= 15 is 0 Å². The number of methoxy groups -OCH3 is 1. The number of hydrogen-bond donors (Lipinski definition) is 2. The van der Waals surface area contributed by atoms with Gasteiger partial charge in [-0.3, -0.25) is 0 Å². The molecule has 0 radical (unpaired) electrons. The summed E-state index contributed by atoms with van der Waals surface area (Å²) in [7, 11) is 1.55. The highest BCUT2D eigenvalue weighted by Crippen LogP contribution is 2.24. The summed E-state index contributed by atoms with van der Waals surface area (Å²) in [6, 6.07) is 5.86. The second kappa shape index (κ2) is 9.12. The first-order valence-corrected chi connectivity index (χ1v) is 6.63. The van der Waals surface area contributed by atoms with Gasteiger partial charge in [-0.15, -0.1) is 0 Å². The van der Waals surface area contributed by atoms with Crippen molar-refractivity contribution in [1.29, 1.82) is 0 Å². The minimum absolute atomic E-state index is 0.121. The Morgan fingerprint density at radius 3 is 2.62 bits per heavy atom. The number of ether oxygens (including phenoxy) is 2. The van der Waals surface area contributed by atoms with Crippen LogP contribution in [0.2, 0.25) is 0 Å². The van der Waals surface area contributed by atoms with E-state index in [4.69, 9.17) is 9.47 Å². The van der Waals surface area contributed by atoms with E-state index in [2.05, 4.69) is 10.6 Å². The molecule has 7 heteroatoms. The average Bonchev–Trinajstić information content (AvgIpc) is 2.45. The molecule has 1 aromatic carbocycles. The number of amides is 2. The molecule has 0 aliphatic carbocycles. The summed E-state index contributed by atoms with van der Waals surface area (Å²) < 4.78 is 34.3. The Morgan fingerprint density at radius 1 is 1.29 bits per heavy atom. The van der Waals surface area contributed by atoms with E-state index in [1.54, 1.807) is 25.3 Å². The molecule has 0 aliphatic rings. The topological polar surface area (TPSA) is 59.6 Å². The van der Waals surface area contributed by atoms with Crippen LogP contribution in [0.4, 0.5) is 19.3 Å². The summed E-state index contributed by atoms with van der Waals surface area (Å²) >= 11 is 0. The van der Waals surface area contributed by atoms with Crippen LogP contribution in [0.1, 0.15) is 13.3 Å². The zero-order valence-corrected chi connectivity index (χ0v) is 12.1. The van der Waals surface area contributed by atoms with Gasteiger partial charge >= 0.3 is 6.03 Å². The first-order chi connectivity index (χ1) is 10.1. The monoisotopic (exact) mass is 302 g/mol. The second-order valence-corrected chi connectivity index (χ2v) is 4.36. The summed E-state index contributed by atoms with van der Waals surface area (Å²) in [5, 5.41) is 5.31. The highest BCUT2D eigenvalue weighted by Gasteiger charge is 2.13. The maximum absolute atomic E-state index is 12.2. The van der Waals surface area contributed by atoms with Gasteiger partial charge in [0.15, 0.2) is 0 Å². The largest absolute Gasteiger partial charge is 0.485 e. The summed E-state index contributed by atoms with van der Waals surface area (Å²) in [5.74, 6) is 0.202. The molecule has 1 atom stereocenters. The maximum Gasteiger partial charge on any atom is 0.319 e. The fourth-order valence-electron chi connectivity index (χ4n) is 1.66. The molecule has 5 nitrogen and oxygen atoms in total. The first kappa shape index (κ1) is 17.2. The Morgan fingerprint density at radius 2 is 2.00 bits per heavy atom. The van der Waals surface area contributed by atoms with E-state index in [0.717, 1.165) is 0 Å². The summed E-state index contributed by atoms with van der Waals surface area (Å²) in [6.45, 7) is 1.60. The van der Waals surface area contributed by atoms with E-state index < -0.39 is 19.1 Å². The number of urea groups is 1. The maximum atomic E-state index is 12.2. The molecule has 0 spiro atoms. The van der Waals surface area contributed by atoms with E-state index in [1.165, 1.54) is 6.07 Å². The molecule has 0 heterocycles. The molecule has 21 heavy (non-hydrogen) atoms. The van der Waals surface area contributed by atoms with Crippen molar-refractivity contribution in [2.45, 2.75) is 25.8 Å². The standard InChI is InChI=1S/C14H20F2N2O3/c1-3-10(8-20-2)17-14(19)18-11-6-4-5-7-12(11)21-9-13(15)16/h4-7,10,13H,3,8-9H2,1-2H3,(H2,17,18,19)/t10-/m1/s1. The van der Waals surface area contributed by atoms with Gasteiger partial charge in [-0.1, -0.05) is 19.1 Å². The highest BCUT2D eigenvalue weighted by atomic mass is 19.3. The van der Waals surface area contributed by atoms with E-state index in [1.807, 2.05) is 6.92 Å². The number of halogens is 2. The molecular formula is C14H20F2N2O3. The number of carbonyl (C=O) groups is 1. The molecule has 0 saturated carbocycles. The number of hydrogen-bond acceptors (Lipinski definition) is 3. The summed E-state index contributed by atoms with van der Waals surface area (Å²) in [4.78, 5) is 11.9. The lowest BCUT2D eigenvalue weighted by molar-refractivity contribution is 0.0822. The lowest BCUT2D eigenvalue weighted by atomic mass is 10.2. The minimum atomic E-state index is -2.57. The molecular weight excluding hydrogens is 282 g/mol. The van der Waals surface area contributed by atoms with Gasteiger partial charge in [0, 0.05) is 7.11 Å². The van der Waals surface area contributed by atoms with Crippen molar-refractivity contribution in [1.82, 2.24) is 5.32 Å². The summed E-state index contributed by atoms with van der Waals surface area (Å²) in [5.41, 5.74) is 0.336. The molecule has 2 amide bonds. The number of nitrogens with one attached hydrogen (secondary N) is 2. The van der Waals surface area contributed by atoms with Gasteiger partial charge in [-0.2, -0.15) is 0 Å². The molecule has 0 bridgehead atoms. The van der Waals surface area contributed by atoms with E-state index in [-0.39, 0.29) is 11.8 Å². The van der Waals surface area contributed by atoms with Gasteiger partial charge in [0.1, 0.15) is 12.4 Å². The molecule has 0 unspecified atom stereocenters. The zero-order valence-electron chi connectivity index (χ0n) is 12.1. The Bertz CT molecular complexity index is 444. The molecule has 1 rings (SSSR count). The van der Waals surface area contributed by atoms with Gasteiger partial charge in [0.2, 0.25) is 0 Å². The Balaban J connectivity index is 2.62. The SMILES string of the molecule is CC[C@H](COC)NC(=O)Nc1ccccc1OCC(F)F. The van der Waals surface area contributed by atoms with Crippen molar-refractivity contribution in [3.63, 3.8) is 0 Å². The number of anilines is 1. The van der Waals surface area contributed by atoms with Gasteiger partial charge < -0.3 is 20.1 Å². The molecule has 0 saturated heterocycles. The number of alkyl halides is 2. The van der Waals surface area contributed by atoms with Gasteiger partial charge in [0.05, 0.1) is 18.3 Å². The first-order valence-electron chi connectivity index (χ1n) is 6.63. The fraction of sp³-hybridized carbons (Fsp3) is 0.500. The Labute approximate surface area is 122 Å². The molecule has 0 aromatic heterocycles. The van der Waals surface area contributed by atoms with Crippen LogP contribution in [-0.4, -0.2) is 38.8 Å². The summed E-state index contributed by atoms with van der Waals surface area (Å²) in [6.07, 6.45) is -1.86. The number of benzene rings is 1. The van der Waals surface area contributed by atoms with Crippen molar-refractivity contribution in [3.8, 4) is 5.75 Å². The number of rotatable bonds is 8. The Hall–Kier alpha value is -1.89. The predicted octanol–water partition coefficient (Wildman–Crippen LogP) is 2.88. The minimum Gasteiger partial charge on any atom is -0.485 e. The van der Waals surface area contributed by atoms with Gasteiger partial charge in [0.25, 0.3) is 6.43 Å². The van der Waals surface area contributed by atoms with Crippen molar-refractivity contribution < 1.29 is 23.0 Å². The molecule has 0 aliphatic heterocycles. The molecule has 2 N–H and O–H groups in total. The molecule has 0 fully saturated rings. The van der Waals surface area contributed by atoms with Crippen molar-refractivity contribution in [2.75, 3.05) is 25.6 Å². The lowest BCUT2D eigenvalue weighted by Gasteiger charge is -2.17. The van der Waals surface area contributed by atoms with Crippen LogP contribution in [0.3, 0.4) is 0 Å². The van der Waals surface area contributed by atoms with Crippen LogP contribution in [0.5, 0.6) is 5.75 Å². The van der Waals surface area contributed by atoms with Crippen LogP contribution in [0, 0.1) is 0 Å². The van der Waals surface area contributed by atoms with E-state index in [0.29, 0.717) is 18.7 Å². The van der Waals surface area contributed by atoms with Crippen LogP contribution in [0.25, 0.3) is 0 Å². The highest BCUT2D eigenvalue weighted by molar-refractivity contribution is 5.91.